The van der Waals surface area contributed by atoms with Crippen molar-refractivity contribution in [1.82, 2.24) is 10.6 Å². The highest BCUT2D eigenvalue weighted by atomic mass is 32.2. The van der Waals surface area contributed by atoms with Gasteiger partial charge in [0.05, 0.1) is 25.0 Å². The lowest BCUT2D eigenvalue weighted by atomic mass is 10.1. The van der Waals surface area contributed by atoms with Gasteiger partial charge in [-0.25, -0.2) is 0 Å². The minimum Gasteiger partial charge on any atom is -0.497 e. The summed E-state index contributed by atoms with van der Waals surface area (Å²) in [4.78, 5) is 35.4. The Morgan fingerprint density at radius 1 is 1.07 bits per heavy atom. The van der Waals surface area contributed by atoms with Crippen LogP contribution in [0.15, 0.2) is 42.5 Å². The molecule has 3 rings (SSSR count). The van der Waals surface area contributed by atoms with Crippen LogP contribution in [-0.4, -0.2) is 43.1 Å². The van der Waals surface area contributed by atoms with Crippen molar-refractivity contribution in [3.63, 3.8) is 0 Å². The van der Waals surface area contributed by atoms with Gasteiger partial charge in [-0.2, -0.15) is 0 Å². The molecule has 152 valence electrons. The van der Waals surface area contributed by atoms with Gasteiger partial charge in [-0.15, -0.1) is 0 Å². The quantitative estimate of drug-likeness (QED) is 0.690. The molecule has 0 unspecified atom stereocenters. The molecule has 2 aromatic carbocycles. The normalized spacial score (nSPS) is 15.7. The number of carbonyl (C=O) groups is 3. The lowest BCUT2D eigenvalue weighted by molar-refractivity contribution is -0.118. The number of methoxy groups -OCH3 is 2. The molecular weight excluding hydrogens is 392 g/mol. The second-order valence-corrected chi connectivity index (χ2v) is 7.65. The molecule has 0 aliphatic carbocycles. The van der Waals surface area contributed by atoms with Crippen LogP contribution >= 0.6 is 11.8 Å². The van der Waals surface area contributed by atoms with Crippen LogP contribution in [0.4, 0.5) is 4.79 Å². The number of hydrogen-bond acceptors (Lipinski definition) is 6. The molecule has 0 radical (unpaired) electrons. The Hall–Kier alpha value is -3.00. The van der Waals surface area contributed by atoms with Crippen molar-refractivity contribution in [3.05, 3.63) is 59.2 Å². The fourth-order valence-corrected chi connectivity index (χ4v) is 3.85. The van der Waals surface area contributed by atoms with Gasteiger partial charge in [-0.3, -0.25) is 19.7 Å². The monoisotopic (exact) mass is 414 g/mol. The molecule has 1 heterocycles. The fourth-order valence-electron chi connectivity index (χ4n) is 2.99. The molecule has 2 aromatic rings. The lowest BCUT2D eigenvalue weighted by Gasteiger charge is -2.11. The molecule has 29 heavy (non-hydrogen) atoms. The summed E-state index contributed by atoms with van der Waals surface area (Å²) in [5, 5.41) is 4.52. The molecule has 1 atom stereocenters. The summed E-state index contributed by atoms with van der Waals surface area (Å²) in [7, 11) is 3.06. The third-order valence-electron chi connectivity index (χ3n) is 4.56. The first-order chi connectivity index (χ1) is 14.0. The molecule has 1 aliphatic heterocycles. The molecule has 0 spiro atoms. The molecule has 8 heteroatoms. The zero-order valence-electron chi connectivity index (χ0n) is 16.2. The van der Waals surface area contributed by atoms with Gasteiger partial charge in [0.2, 0.25) is 5.91 Å². The second kappa shape index (κ2) is 9.47. The van der Waals surface area contributed by atoms with E-state index < -0.39 is 0 Å². The van der Waals surface area contributed by atoms with Crippen LogP contribution in [-0.2, 0) is 17.6 Å². The molecule has 1 fully saturated rings. The largest absolute Gasteiger partial charge is 0.497 e. The Balaban J connectivity index is 1.52. The van der Waals surface area contributed by atoms with Gasteiger partial charge in [-0.05, 0) is 42.2 Å². The summed E-state index contributed by atoms with van der Waals surface area (Å²) in [5.41, 5.74) is 2.47. The fraction of sp³-hybridized carbons (Fsp3) is 0.286. The van der Waals surface area contributed by atoms with E-state index in [-0.39, 0.29) is 22.3 Å². The van der Waals surface area contributed by atoms with Crippen LogP contribution in [0.25, 0.3) is 0 Å². The van der Waals surface area contributed by atoms with E-state index in [0.717, 1.165) is 22.9 Å². The zero-order valence-corrected chi connectivity index (χ0v) is 17.0. The summed E-state index contributed by atoms with van der Waals surface area (Å²) in [5.74, 6) is 0.605. The van der Waals surface area contributed by atoms with Gasteiger partial charge >= 0.3 is 0 Å². The molecule has 1 saturated heterocycles. The number of benzene rings is 2. The van der Waals surface area contributed by atoms with E-state index in [4.69, 9.17) is 9.47 Å². The Kier molecular flexibility index (Phi) is 6.77. The SMILES string of the molecule is COc1ccc(OC)c(C(=O)NCCc2ccc(C[C@@H]3SC(=O)NC3=O)cc2)c1. The van der Waals surface area contributed by atoms with Crippen LogP contribution in [0.2, 0.25) is 0 Å². The topological polar surface area (TPSA) is 93.7 Å². The van der Waals surface area contributed by atoms with Gasteiger partial charge in [0, 0.05) is 6.54 Å². The standard InChI is InChI=1S/C21H22N2O5S/c1-27-15-7-8-17(28-2)16(12-15)19(24)22-10-9-13-3-5-14(6-4-13)11-18-20(25)23-21(26)29-18/h3-8,12,18H,9-11H2,1-2H3,(H,22,24)(H,23,25,26)/t18-/m0/s1. The Labute approximate surface area is 173 Å². The van der Waals surface area contributed by atoms with Gasteiger partial charge in [0.1, 0.15) is 11.5 Å². The van der Waals surface area contributed by atoms with Crippen molar-refractivity contribution < 1.29 is 23.9 Å². The third-order valence-corrected chi connectivity index (χ3v) is 5.54. The number of imide groups is 1. The molecule has 1 aliphatic rings. The van der Waals surface area contributed by atoms with Crippen molar-refractivity contribution in [2.75, 3.05) is 20.8 Å². The number of rotatable bonds is 8. The predicted molar refractivity (Wildman–Crippen MR) is 111 cm³/mol. The molecule has 0 saturated carbocycles. The van der Waals surface area contributed by atoms with Gasteiger partial charge in [0.25, 0.3) is 11.1 Å². The van der Waals surface area contributed by atoms with Crippen LogP contribution in [0, 0.1) is 0 Å². The summed E-state index contributed by atoms with van der Waals surface area (Å²) in [6.07, 6.45) is 1.17. The Bertz CT molecular complexity index is 914. The number of hydrogen-bond donors (Lipinski definition) is 2. The molecule has 7 nitrogen and oxygen atoms in total. The van der Waals surface area contributed by atoms with E-state index in [1.807, 2.05) is 24.3 Å². The number of carbonyl (C=O) groups excluding carboxylic acids is 3. The average molecular weight is 414 g/mol. The van der Waals surface area contributed by atoms with E-state index in [1.165, 1.54) is 7.11 Å². The molecule has 0 bridgehead atoms. The molecular formula is C21H22N2O5S. The first-order valence-electron chi connectivity index (χ1n) is 9.09. The van der Waals surface area contributed by atoms with E-state index >= 15 is 0 Å². The smallest absolute Gasteiger partial charge is 0.286 e. The predicted octanol–water partition coefficient (Wildman–Crippen LogP) is 2.57. The van der Waals surface area contributed by atoms with Crippen molar-refractivity contribution in [2.45, 2.75) is 18.1 Å². The maximum Gasteiger partial charge on any atom is 0.286 e. The van der Waals surface area contributed by atoms with E-state index in [1.54, 1.807) is 25.3 Å². The minimum absolute atomic E-state index is 0.230. The molecule has 2 N–H and O–H groups in total. The third kappa shape index (κ3) is 5.29. The van der Waals surface area contributed by atoms with Crippen LogP contribution in [0.1, 0.15) is 21.5 Å². The molecule has 3 amide bonds. The number of ether oxygens (including phenoxy) is 2. The molecule has 0 aromatic heterocycles. The highest BCUT2D eigenvalue weighted by Crippen LogP contribution is 2.24. The average Bonchev–Trinajstić information content (AvgIpc) is 3.05. The van der Waals surface area contributed by atoms with Crippen molar-refractivity contribution in [1.29, 1.82) is 0 Å². The summed E-state index contributed by atoms with van der Waals surface area (Å²) < 4.78 is 10.4. The summed E-state index contributed by atoms with van der Waals surface area (Å²) in [6, 6.07) is 12.9. The highest BCUT2D eigenvalue weighted by molar-refractivity contribution is 8.15. The summed E-state index contributed by atoms with van der Waals surface area (Å²) in [6.45, 7) is 0.466. The number of thioether (sulfide) groups is 1. The number of nitrogens with one attached hydrogen (secondary N) is 2. The summed E-state index contributed by atoms with van der Waals surface area (Å²) >= 11 is 1.03. The maximum absolute atomic E-state index is 12.5. The van der Waals surface area contributed by atoms with Crippen molar-refractivity contribution in [2.24, 2.45) is 0 Å². The zero-order chi connectivity index (χ0) is 20.8. The van der Waals surface area contributed by atoms with E-state index in [2.05, 4.69) is 10.6 Å². The van der Waals surface area contributed by atoms with Crippen LogP contribution in [0.3, 0.4) is 0 Å². The first kappa shape index (κ1) is 20.7. The Morgan fingerprint density at radius 2 is 1.79 bits per heavy atom. The lowest BCUT2D eigenvalue weighted by Crippen LogP contribution is -2.26. The maximum atomic E-state index is 12.5. The van der Waals surface area contributed by atoms with Crippen LogP contribution < -0.4 is 20.1 Å². The van der Waals surface area contributed by atoms with Crippen molar-refractivity contribution in [3.8, 4) is 11.5 Å². The Morgan fingerprint density at radius 3 is 2.41 bits per heavy atom. The van der Waals surface area contributed by atoms with Crippen LogP contribution in [0.5, 0.6) is 11.5 Å². The van der Waals surface area contributed by atoms with Crippen molar-refractivity contribution >= 4 is 28.8 Å². The van der Waals surface area contributed by atoms with E-state index in [0.29, 0.717) is 36.4 Å². The second-order valence-electron chi connectivity index (χ2n) is 6.48. The van der Waals surface area contributed by atoms with Gasteiger partial charge in [0.15, 0.2) is 0 Å². The number of amides is 3. The van der Waals surface area contributed by atoms with Gasteiger partial charge in [-0.1, -0.05) is 36.0 Å². The minimum atomic E-state index is -0.370. The van der Waals surface area contributed by atoms with E-state index in [9.17, 15) is 14.4 Å². The first-order valence-corrected chi connectivity index (χ1v) is 9.97. The highest BCUT2D eigenvalue weighted by Gasteiger charge is 2.31. The van der Waals surface area contributed by atoms with Gasteiger partial charge < -0.3 is 14.8 Å².